The summed E-state index contributed by atoms with van der Waals surface area (Å²) in [4.78, 5) is 12.7. The van der Waals surface area contributed by atoms with E-state index in [1.165, 1.54) is 0 Å². The van der Waals surface area contributed by atoms with Crippen molar-refractivity contribution in [1.29, 1.82) is 0 Å². The summed E-state index contributed by atoms with van der Waals surface area (Å²) in [7, 11) is 0. The predicted molar refractivity (Wildman–Crippen MR) is 91.5 cm³/mol. The van der Waals surface area contributed by atoms with Gasteiger partial charge in [-0.05, 0) is 60.4 Å². The molecule has 0 aliphatic heterocycles. The SMILES string of the molecule is CCCCOc1ccc2c(c1)C(=O)c1cc(OCCC)ccc1-2. The van der Waals surface area contributed by atoms with Crippen molar-refractivity contribution in [3.8, 4) is 22.6 Å². The molecule has 23 heavy (non-hydrogen) atoms. The third kappa shape index (κ3) is 3.09. The summed E-state index contributed by atoms with van der Waals surface area (Å²) in [5, 5.41) is 0. The van der Waals surface area contributed by atoms with Gasteiger partial charge in [-0.1, -0.05) is 20.3 Å². The molecule has 3 rings (SSSR count). The van der Waals surface area contributed by atoms with Gasteiger partial charge in [0.05, 0.1) is 13.2 Å². The van der Waals surface area contributed by atoms with Crippen LogP contribution >= 0.6 is 0 Å². The van der Waals surface area contributed by atoms with Crippen LogP contribution in [0.15, 0.2) is 36.4 Å². The van der Waals surface area contributed by atoms with Crippen LogP contribution in [0.25, 0.3) is 11.1 Å². The van der Waals surface area contributed by atoms with E-state index in [4.69, 9.17) is 9.47 Å². The topological polar surface area (TPSA) is 35.5 Å². The molecule has 0 radical (unpaired) electrons. The summed E-state index contributed by atoms with van der Waals surface area (Å²) in [5.41, 5.74) is 3.41. The molecule has 0 heterocycles. The Morgan fingerprint density at radius 3 is 1.83 bits per heavy atom. The largest absolute Gasteiger partial charge is 0.494 e. The molecule has 2 aromatic carbocycles. The van der Waals surface area contributed by atoms with E-state index in [0.717, 1.165) is 53.0 Å². The number of carbonyl (C=O) groups excluding carboxylic acids is 1. The monoisotopic (exact) mass is 310 g/mol. The Hall–Kier alpha value is -2.29. The van der Waals surface area contributed by atoms with Crippen LogP contribution in [0.1, 0.15) is 49.0 Å². The summed E-state index contributed by atoms with van der Waals surface area (Å²) in [5.74, 6) is 1.57. The van der Waals surface area contributed by atoms with Crippen molar-refractivity contribution in [3.05, 3.63) is 47.5 Å². The summed E-state index contributed by atoms with van der Waals surface area (Å²) < 4.78 is 11.4. The van der Waals surface area contributed by atoms with Gasteiger partial charge in [0.25, 0.3) is 0 Å². The van der Waals surface area contributed by atoms with Crippen LogP contribution in [0.3, 0.4) is 0 Å². The van der Waals surface area contributed by atoms with E-state index in [1.54, 1.807) is 0 Å². The fraction of sp³-hybridized carbons (Fsp3) is 0.350. The number of carbonyl (C=O) groups is 1. The first-order valence-electron chi connectivity index (χ1n) is 8.33. The maximum Gasteiger partial charge on any atom is 0.194 e. The average molecular weight is 310 g/mol. The van der Waals surface area contributed by atoms with Crippen molar-refractivity contribution in [2.45, 2.75) is 33.1 Å². The smallest absolute Gasteiger partial charge is 0.194 e. The molecule has 0 saturated heterocycles. The van der Waals surface area contributed by atoms with Gasteiger partial charge in [0.15, 0.2) is 5.78 Å². The molecule has 0 amide bonds. The predicted octanol–water partition coefficient (Wildman–Crippen LogP) is 4.87. The third-order valence-corrected chi connectivity index (χ3v) is 4.00. The van der Waals surface area contributed by atoms with Crippen molar-refractivity contribution in [2.75, 3.05) is 13.2 Å². The molecule has 1 aliphatic carbocycles. The first-order chi connectivity index (χ1) is 11.2. The average Bonchev–Trinajstić information content (AvgIpc) is 2.85. The van der Waals surface area contributed by atoms with Gasteiger partial charge in [0, 0.05) is 11.1 Å². The highest BCUT2D eigenvalue weighted by Crippen LogP contribution is 2.39. The number of unbranched alkanes of at least 4 members (excludes halogenated alkanes) is 1. The minimum atomic E-state index is 0.0536. The summed E-state index contributed by atoms with van der Waals surface area (Å²) >= 11 is 0. The fourth-order valence-electron chi connectivity index (χ4n) is 2.77. The molecule has 0 unspecified atom stereocenters. The highest BCUT2D eigenvalue weighted by Gasteiger charge is 2.27. The number of fused-ring (bicyclic) bond motifs is 3. The van der Waals surface area contributed by atoms with Crippen molar-refractivity contribution in [1.82, 2.24) is 0 Å². The Kier molecular flexibility index (Phi) is 4.65. The summed E-state index contributed by atoms with van der Waals surface area (Å²) in [6.45, 7) is 5.54. The van der Waals surface area contributed by atoms with Gasteiger partial charge >= 0.3 is 0 Å². The van der Waals surface area contributed by atoms with Crippen molar-refractivity contribution in [3.63, 3.8) is 0 Å². The Labute approximate surface area is 137 Å². The fourth-order valence-corrected chi connectivity index (χ4v) is 2.77. The van der Waals surface area contributed by atoms with Crippen LogP contribution in [0.2, 0.25) is 0 Å². The highest BCUT2D eigenvalue weighted by molar-refractivity contribution is 6.22. The number of hydrogen-bond donors (Lipinski definition) is 0. The van der Waals surface area contributed by atoms with Crippen LogP contribution in [-0.4, -0.2) is 19.0 Å². The van der Waals surface area contributed by atoms with E-state index in [0.29, 0.717) is 13.2 Å². The van der Waals surface area contributed by atoms with Crippen LogP contribution in [0, 0.1) is 0 Å². The standard InChI is InChI=1S/C20H22O3/c1-3-5-11-23-15-7-9-17-16-8-6-14(22-10-4-2)12-18(16)20(21)19(17)13-15/h6-9,12-13H,3-5,10-11H2,1-2H3. The normalized spacial score (nSPS) is 12.0. The molecule has 3 nitrogen and oxygen atoms in total. The van der Waals surface area contributed by atoms with Crippen molar-refractivity contribution >= 4 is 5.78 Å². The molecule has 120 valence electrons. The zero-order chi connectivity index (χ0) is 16.2. The minimum Gasteiger partial charge on any atom is -0.494 e. The number of benzene rings is 2. The Morgan fingerprint density at radius 2 is 1.30 bits per heavy atom. The minimum absolute atomic E-state index is 0.0536. The quantitative estimate of drug-likeness (QED) is 0.584. The molecule has 0 fully saturated rings. The van der Waals surface area contributed by atoms with E-state index < -0.39 is 0 Å². The lowest BCUT2D eigenvalue weighted by molar-refractivity contribution is 0.104. The molecular formula is C20H22O3. The van der Waals surface area contributed by atoms with Gasteiger partial charge in [0.2, 0.25) is 0 Å². The second kappa shape index (κ2) is 6.86. The molecule has 3 heteroatoms. The highest BCUT2D eigenvalue weighted by atomic mass is 16.5. The number of hydrogen-bond acceptors (Lipinski definition) is 3. The van der Waals surface area contributed by atoms with Crippen molar-refractivity contribution in [2.24, 2.45) is 0 Å². The van der Waals surface area contributed by atoms with Crippen LogP contribution in [0.5, 0.6) is 11.5 Å². The maximum atomic E-state index is 12.7. The summed E-state index contributed by atoms with van der Waals surface area (Å²) in [6, 6.07) is 11.5. The van der Waals surface area contributed by atoms with E-state index in [-0.39, 0.29) is 5.78 Å². The molecule has 0 aromatic heterocycles. The Balaban J connectivity index is 1.86. The molecule has 1 aliphatic rings. The van der Waals surface area contributed by atoms with Crippen LogP contribution in [0.4, 0.5) is 0 Å². The molecule has 0 bridgehead atoms. The maximum absolute atomic E-state index is 12.7. The lowest BCUT2D eigenvalue weighted by atomic mass is 10.1. The van der Waals surface area contributed by atoms with Gasteiger partial charge in [-0.15, -0.1) is 0 Å². The van der Waals surface area contributed by atoms with Crippen molar-refractivity contribution < 1.29 is 14.3 Å². The second-order valence-corrected chi connectivity index (χ2v) is 5.79. The van der Waals surface area contributed by atoms with E-state index in [2.05, 4.69) is 13.8 Å². The molecule has 0 N–H and O–H groups in total. The zero-order valence-electron chi connectivity index (χ0n) is 13.7. The number of ketones is 1. The lowest BCUT2D eigenvalue weighted by Crippen LogP contribution is -2.00. The van der Waals surface area contributed by atoms with Gasteiger partial charge in [0.1, 0.15) is 11.5 Å². The van der Waals surface area contributed by atoms with Gasteiger partial charge < -0.3 is 9.47 Å². The Bertz CT molecular complexity index is 719. The molecule has 2 aromatic rings. The zero-order valence-corrected chi connectivity index (χ0v) is 13.7. The van der Waals surface area contributed by atoms with Crippen LogP contribution in [-0.2, 0) is 0 Å². The number of ether oxygens (including phenoxy) is 2. The molecule has 0 spiro atoms. The first kappa shape index (κ1) is 15.6. The van der Waals surface area contributed by atoms with Gasteiger partial charge in [-0.3, -0.25) is 4.79 Å². The second-order valence-electron chi connectivity index (χ2n) is 5.79. The molecule has 0 atom stereocenters. The van der Waals surface area contributed by atoms with E-state index in [1.807, 2.05) is 36.4 Å². The third-order valence-electron chi connectivity index (χ3n) is 4.00. The molecular weight excluding hydrogens is 288 g/mol. The van der Waals surface area contributed by atoms with E-state index in [9.17, 15) is 4.79 Å². The van der Waals surface area contributed by atoms with E-state index >= 15 is 0 Å². The summed E-state index contributed by atoms with van der Waals surface area (Å²) in [6.07, 6.45) is 3.06. The lowest BCUT2D eigenvalue weighted by Gasteiger charge is -2.07. The Morgan fingerprint density at radius 1 is 0.739 bits per heavy atom. The van der Waals surface area contributed by atoms with Crippen LogP contribution < -0.4 is 9.47 Å². The van der Waals surface area contributed by atoms with Gasteiger partial charge in [-0.2, -0.15) is 0 Å². The molecule has 0 saturated carbocycles. The number of rotatable bonds is 7. The first-order valence-corrected chi connectivity index (χ1v) is 8.33. The van der Waals surface area contributed by atoms with Gasteiger partial charge in [-0.25, -0.2) is 0 Å².